The number of halogens is 1. The normalized spacial score (nSPS) is 13.9. The molecule has 28 heavy (non-hydrogen) atoms. The van der Waals surface area contributed by atoms with Crippen LogP contribution in [0.1, 0.15) is 16.8 Å². The number of rotatable bonds is 4. The van der Waals surface area contributed by atoms with Crippen LogP contribution in [0.5, 0.6) is 5.75 Å². The Bertz CT molecular complexity index is 1060. The van der Waals surface area contributed by atoms with Crippen molar-refractivity contribution >= 4 is 5.69 Å². The van der Waals surface area contributed by atoms with E-state index in [0.29, 0.717) is 54.4 Å². The van der Waals surface area contributed by atoms with E-state index in [1.165, 1.54) is 13.2 Å². The van der Waals surface area contributed by atoms with Gasteiger partial charge in [-0.1, -0.05) is 6.07 Å². The number of H-pyrrole nitrogens is 1. The number of nitrogens with zero attached hydrogens (tertiary/aromatic N) is 2. The molecule has 0 unspecified atom stereocenters. The fourth-order valence-electron chi connectivity index (χ4n) is 3.51. The monoisotopic (exact) mass is 380 g/mol. The molecule has 0 spiro atoms. The third-order valence-corrected chi connectivity index (χ3v) is 5.01. The Labute approximate surface area is 161 Å². The Balaban J connectivity index is 1.63. The fraction of sp³-hybridized carbons (Fsp3) is 0.238. The molecule has 3 N–H and O–H groups in total. The van der Waals surface area contributed by atoms with E-state index >= 15 is 0 Å². The molecule has 0 aliphatic carbocycles. The predicted octanol–water partition coefficient (Wildman–Crippen LogP) is 2.73. The maximum atomic E-state index is 14.3. The maximum Gasteiger partial charge on any atom is 0.254 e. The Morgan fingerprint density at radius 2 is 2.04 bits per heavy atom. The van der Waals surface area contributed by atoms with Crippen LogP contribution in [0.15, 0.2) is 47.3 Å². The van der Waals surface area contributed by atoms with Gasteiger partial charge in [0.25, 0.3) is 5.56 Å². The van der Waals surface area contributed by atoms with Gasteiger partial charge in [0.1, 0.15) is 17.4 Å². The third kappa shape index (κ3) is 3.48. The van der Waals surface area contributed by atoms with Crippen LogP contribution in [0.4, 0.5) is 10.1 Å². The lowest BCUT2D eigenvalue weighted by Gasteiger charge is -2.28. The van der Waals surface area contributed by atoms with E-state index in [1.807, 2.05) is 12.1 Å². The first-order valence-corrected chi connectivity index (χ1v) is 9.07. The van der Waals surface area contributed by atoms with Gasteiger partial charge in [-0.25, -0.2) is 9.37 Å². The molecule has 1 aliphatic heterocycles. The summed E-state index contributed by atoms with van der Waals surface area (Å²) in [5, 5.41) is 0. The van der Waals surface area contributed by atoms with Gasteiger partial charge >= 0.3 is 0 Å². The highest BCUT2D eigenvalue weighted by atomic mass is 19.1. The Morgan fingerprint density at radius 3 is 2.79 bits per heavy atom. The molecule has 6 nitrogen and oxygen atoms in total. The first kappa shape index (κ1) is 18.2. The van der Waals surface area contributed by atoms with E-state index in [9.17, 15) is 9.18 Å². The van der Waals surface area contributed by atoms with Gasteiger partial charge in [-0.05, 0) is 42.8 Å². The molecular weight excluding hydrogens is 359 g/mol. The van der Waals surface area contributed by atoms with Crippen molar-refractivity contribution in [2.75, 3.05) is 19.4 Å². The summed E-state index contributed by atoms with van der Waals surface area (Å²) in [5.41, 5.74) is 8.97. The van der Waals surface area contributed by atoms with Gasteiger partial charge in [-0.15, -0.1) is 0 Å². The SMILES string of the molecule is COc1cccc(F)c1CN1CCc2c(nc(-c3ccc(N)cc3)[nH]c2=O)C1. The van der Waals surface area contributed by atoms with Gasteiger partial charge in [0.2, 0.25) is 0 Å². The minimum atomic E-state index is -0.299. The lowest BCUT2D eigenvalue weighted by Crippen LogP contribution is -2.35. The number of hydrogen-bond acceptors (Lipinski definition) is 5. The van der Waals surface area contributed by atoms with E-state index < -0.39 is 0 Å². The largest absolute Gasteiger partial charge is 0.496 e. The minimum absolute atomic E-state index is 0.125. The number of hydrogen-bond donors (Lipinski definition) is 2. The van der Waals surface area contributed by atoms with Crippen LogP contribution in [-0.2, 0) is 19.5 Å². The summed E-state index contributed by atoms with van der Waals surface area (Å²) in [5.74, 6) is 0.730. The zero-order valence-electron chi connectivity index (χ0n) is 15.5. The quantitative estimate of drug-likeness (QED) is 0.680. The number of nitrogens with one attached hydrogen (secondary N) is 1. The number of fused-ring (bicyclic) bond motifs is 1. The van der Waals surface area contributed by atoms with Crippen molar-refractivity contribution < 1.29 is 9.13 Å². The molecule has 0 amide bonds. The van der Waals surface area contributed by atoms with Crippen molar-refractivity contribution in [2.45, 2.75) is 19.5 Å². The lowest BCUT2D eigenvalue weighted by atomic mass is 10.0. The molecule has 0 radical (unpaired) electrons. The maximum absolute atomic E-state index is 14.3. The van der Waals surface area contributed by atoms with Crippen LogP contribution in [-0.4, -0.2) is 28.5 Å². The molecule has 2 heterocycles. The van der Waals surface area contributed by atoms with Gasteiger partial charge < -0.3 is 15.5 Å². The van der Waals surface area contributed by atoms with Crippen LogP contribution in [0.3, 0.4) is 0 Å². The average molecular weight is 380 g/mol. The van der Waals surface area contributed by atoms with E-state index in [2.05, 4.69) is 14.9 Å². The average Bonchev–Trinajstić information content (AvgIpc) is 2.70. The molecule has 144 valence electrons. The van der Waals surface area contributed by atoms with Crippen LogP contribution in [0.25, 0.3) is 11.4 Å². The third-order valence-electron chi connectivity index (χ3n) is 5.01. The molecule has 7 heteroatoms. The summed E-state index contributed by atoms with van der Waals surface area (Å²) in [6.07, 6.45) is 0.566. The van der Waals surface area contributed by atoms with E-state index in [1.54, 1.807) is 24.3 Å². The molecule has 0 bridgehead atoms. The highest BCUT2D eigenvalue weighted by Crippen LogP contribution is 2.26. The summed E-state index contributed by atoms with van der Waals surface area (Å²) in [6.45, 7) is 1.51. The van der Waals surface area contributed by atoms with Crippen molar-refractivity contribution in [1.29, 1.82) is 0 Å². The smallest absolute Gasteiger partial charge is 0.254 e. The molecule has 3 aromatic rings. The molecule has 0 fully saturated rings. The molecule has 0 saturated carbocycles. The second-order valence-corrected chi connectivity index (χ2v) is 6.84. The number of aromatic amines is 1. The summed E-state index contributed by atoms with van der Waals surface area (Å²) in [4.78, 5) is 22.1. The molecule has 0 atom stereocenters. The van der Waals surface area contributed by atoms with Gasteiger partial charge in [0.15, 0.2) is 0 Å². The Morgan fingerprint density at radius 1 is 1.25 bits per heavy atom. The van der Waals surface area contributed by atoms with Crippen LogP contribution >= 0.6 is 0 Å². The second kappa shape index (κ2) is 7.44. The summed E-state index contributed by atoms with van der Waals surface area (Å²) in [6, 6.07) is 12.0. The van der Waals surface area contributed by atoms with Gasteiger partial charge in [-0.2, -0.15) is 0 Å². The molecule has 4 rings (SSSR count). The van der Waals surface area contributed by atoms with E-state index in [4.69, 9.17) is 10.5 Å². The van der Waals surface area contributed by atoms with Crippen molar-refractivity contribution in [1.82, 2.24) is 14.9 Å². The Kier molecular flexibility index (Phi) is 4.83. The second-order valence-electron chi connectivity index (χ2n) is 6.84. The first-order valence-electron chi connectivity index (χ1n) is 9.07. The fourth-order valence-corrected chi connectivity index (χ4v) is 3.51. The van der Waals surface area contributed by atoms with Gasteiger partial charge in [0, 0.05) is 42.0 Å². The number of nitrogen functional groups attached to an aromatic ring is 1. The van der Waals surface area contributed by atoms with Crippen LogP contribution < -0.4 is 16.0 Å². The summed E-state index contributed by atoms with van der Waals surface area (Å²) < 4.78 is 19.6. The zero-order chi connectivity index (χ0) is 19.7. The number of methoxy groups -OCH3 is 1. The molecule has 2 aromatic carbocycles. The number of aromatic nitrogens is 2. The molecular formula is C21H21FN4O2. The van der Waals surface area contributed by atoms with Gasteiger partial charge in [0.05, 0.1) is 12.8 Å². The number of anilines is 1. The van der Waals surface area contributed by atoms with Crippen molar-refractivity contribution in [2.24, 2.45) is 0 Å². The highest BCUT2D eigenvalue weighted by molar-refractivity contribution is 5.58. The molecule has 0 saturated heterocycles. The number of nitrogens with two attached hydrogens (primary N) is 1. The van der Waals surface area contributed by atoms with Crippen molar-refractivity contribution in [3.05, 3.63) is 75.5 Å². The summed E-state index contributed by atoms with van der Waals surface area (Å²) >= 11 is 0. The van der Waals surface area contributed by atoms with Crippen molar-refractivity contribution in [3.8, 4) is 17.1 Å². The van der Waals surface area contributed by atoms with Crippen LogP contribution in [0, 0.1) is 5.82 Å². The molecule has 1 aliphatic rings. The Hall–Kier alpha value is -3.19. The number of ether oxygens (including phenoxy) is 1. The molecule has 1 aromatic heterocycles. The van der Waals surface area contributed by atoms with E-state index in [0.717, 1.165) is 11.3 Å². The van der Waals surface area contributed by atoms with Crippen molar-refractivity contribution in [3.63, 3.8) is 0 Å². The highest BCUT2D eigenvalue weighted by Gasteiger charge is 2.23. The standard InChI is InChI=1S/C21H21FN4O2/c1-28-19-4-2-3-17(22)16(19)11-26-10-9-15-18(12-26)24-20(25-21(15)27)13-5-7-14(23)8-6-13/h2-8H,9-12,23H2,1H3,(H,24,25,27). The first-order chi connectivity index (χ1) is 13.5. The van der Waals surface area contributed by atoms with Crippen LogP contribution in [0.2, 0.25) is 0 Å². The zero-order valence-corrected chi connectivity index (χ0v) is 15.5. The number of benzene rings is 2. The topological polar surface area (TPSA) is 84.2 Å². The minimum Gasteiger partial charge on any atom is -0.496 e. The van der Waals surface area contributed by atoms with E-state index in [-0.39, 0.29) is 11.4 Å². The predicted molar refractivity (Wildman–Crippen MR) is 105 cm³/mol. The summed E-state index contributed by atoms with van der Waals surface area (Å²) in [7, 11) is 1.53. The van der Waals surface area contributed by atoms with Gasteiger partial charge in [-0.3, -0.25) is 9.69 Å². The lowest BCUT2D eigenvalue weighted by molar-refractivity contribution is 0.233.